The molecule has 9 heteroatoms. The molecule has 1 aliphatic heterocycles. The van der Waals surface area contributed by atoms with Gasteiger partial charge >= 0.3 is 0 Å². The SMILES string of the molecule is N#C[C@@]1(c2ccc3c(N)ncnn23)O/C(=C/O)[C@@H](O)[C@H]1O. The van der Waals surface area contributed by atoms with Crippen LogP contribution in [-0.4, -0.2) is 42.1 Å². The highest BCUT2D eigenvalue weighted by Gasteiger charge is 2.56. The summed E-state index contributed by atoms with van der Waals surface area (Å²) < 4.78 is 6.59. The van der Waals surface area contributed by atoms with Crippen LogP contribution >= 0.6 is 0 Å². The second kappa shape index (κ2) is 4.34. The number of rotatable bonds is 1. The van der Waals surface area contributed by atoms with E-state index in [0.29, 0.717) is 11.8 Å². The lowest BCUT2D eigenvalue weighted by Crippen LogP contribution is -2.40. The molecule has 2 aromatic heterocycles. The Morgan fingerprint density at radius 2 is 2.24 bits per heavy atom. The van der Waals surface area contributed by atoms with Crippen LogP contribution in [-0.2, 0) is 10.3 Å². The van der Waals surface area contributed by atoms with Crippen molar-refractivity contribution in [2.75, 3.05) is 5.73 Å². The minimum atomic E-state index is -1.92. The van der Waals surface area contributed by atoms with Gasteiger partial charge in [-0.2, -0.15) is 10.4 Å². The minimum Gasteiger partial charge on any atom is -0.512 e. The molecule has 3 rings (SSSR count). The first kappa shape index (κ1) is 13.2. The summed E-state index contributed by atoms with van der Waals surface area (Å²) in [5.74, 6) is -0.115. The molecule has 3 atom stereocenters. The van der Waals surface area contributed by atoms with Crippen molar-refractivity contribution in [1.29, 1.82) is 5.26 Å². The molecule has 0 aliphatic carbocycles. The number of ether oxygens (including phenoxy) is 1. The maximum atomic E-state index is 10.2. The van der Waals surface area contributed by atoms with Gasteiger partial charge in [-0.1, -0.05) is 0 Å². The molecule has 5 N–H and O–H groups in total. The number of aliphatic hydroxyl groups is 3. The van der Waals surface area contributed by atoms with Gasteiger partial charge in [0, 0.05) is 0 Å². The number of aromatic nitrogens is 3. The Bertz CT molecular complexity index is 780. The van der Waals surface area contributed by atoms with Gasteiger partial charge in [-0.3, -0.25) is 0 Å². The molecule has 0 unspecified atom stereocenters. The van der Waals surface area contributed by atoms with Crippen molar-refractivity contribution in [1.82, 2.24) is 14.6 Å². The molecular formula is C12H11N5O4. The van der Waals surface area contributed by atoms with Crippen LogP contribution in [0.5, 0.6) is 0 Å². The zero-order valence-electron chi connectivity index (χ0n) is 10.6. The molecule has 1 fully saturated rings. The van der Waals surface area contributed by atoms with Crippen LogP contribution < -0.4 is 5.73 Å². The summed E-state index contributed by atoms with van der Waals surface area (Å²) >= 11 is 0. The Hall–Kier alpha value is -2.83. The number of hydrogen-bond acceptors (Lipinski definition) is 8. The van der Waals surface area contributed by atoms with E-state index in [1.54, 1.807) is 6.07 Å². The Kier molecular flexibility index (Phi) is 2.72. The van der Waals surface area contributed by atoms with Gasteiger partial charge in [0.2, 0.25) is 0 Å². The number of aliphatic hydroxyl groups excluding tert-OH is 3. The Balaban J connectivity index is 2.25. The van der Waals surface area contributed by atoms with Crippen LogP contribution in [0.4, 0.5) is 5.82 Å². The lowest BCUT2D eigenvalue weighted by atomic mass is 9.93. The van der Waals surface area contributed by atoms with Gasteiger partial charge in [0.1, 0.15) is 42.1 Å². The zero-order valence-corrected chi connectivity index (χ0v) is 10.6. The summed E-state index contributed by atoms with van der Waals surface area (Å²) in [4.78, 5) is 3.82. The second-order valence-electron chi connectivity index (χ2n) is 4.53. The smallest absolute Gasteiger partial charge is 0.264 e. The third-order valence-electron chi connectivity index (χ3n) is 3.44. The van der Waals surface area contributed by atoms with E-state index < -0.39 is 17.8 Å². The number of anilines is 1. The summed E-state index contributed by atoms with van der Waals surface area (Å²) in [6.07, 6.45) is -1.43. The molecule has 3 heterocycles. The predicted molar refractivity (Wildman–Crippen MR) is 68.5 cm³/mol. The molecule has 1 aliphatic rings. The maximum Gasteiger partial charge on any atom is 0.264 e. The topological polar surface area (TPSA) is 150 Å². The summed E-state index contributed by atoms with van der Waals surface area (Å²) in [6.45, 7) is 0. The van der Waals surface area contributed by atoms with Crippen molar-refractivity contribution in [2.45, 2.75) is 17.8 Å². The first-order valence-corrected chi connectivity index (χ1v) is 5.94. The largest absolute Gasteiger partial charge is 0.512 e. The summed E-state index contributed by atoms with van der Waals surface area (Å²) in [7, 11) is 0. The first-order valence-electron chi connectivity index (χ1n) is 5.94. The molecule has 0 saturated carbocycles. The number of nitriles is 1. The van der Waals surface area contributed by atoms with Crippen molar-refractivity contribution in [3.05, 3.63) is 36.2 Å². The highest BCUT2D eigenvalue weighted by molar-refractivity contribution is 5.66. The van der Waals surface area contributed by atoms with E-state index in [1.807, 2.05) is 6.07 Å². The fourth-order valence-electron chi connectivity index (χ4n) is 2.37. The van der Waals surface area contributed by atoms with E-state index in [4.69, 9.17) is 15.6 Å². The van der Waals surface area contributed by atoms with Gasteiger partial charge in [0.05, 0.1) is 0 Å². The zero-order chi connectivity index (χ0) is 15.2. The van der Waals surface area contributed by atoms with Gasteiger partial charge in [-0.25, -0.2) is 9.50 Å². The van der Waals surface area contributed by atoms with E-state index in [2.05, 4.69) is 10.1 Å². The van der Waals surface area contributed by atoms with Gasteiger partial charge in [0.25, 0.3) is 5.60 Å². The van der Waals surface area contributed by atoms with Crippen molar-refractivity contribution >= 4 is 11.3 Å². The number of nitrogen functional groups attached to an aromatic ring is 1. The Labute approximate surface area is 118 Å². The number of hydrogen-bond donors (Lipinski definition) is 4. The molecule has 2 aromatic rings. The molecular weight excluding hydrogens is 278 g/mol. The molecule has 0 bridgehead atoms. The second-order valence-corrected chi connectivity index (χ2v) is 4.53. The van der Waals surface area contributed by atoms with Crippen LogP contribution in [0.1, 0.15) is 5.69 Å². The Morgan fingerprint density at radius 3 is 2.86 bits per heavy atom. The molecule has 0 amide bonds. The lowest BCUT2D eigenvalue weighted by Gasteiger charge is -2.23. The van der Waals surface area contributed by atoms with E-state index in [9.17, 15) is 15.5 Å². The fourth-order valence-corrected chi connectivity index (χ4v) is 2.37. The van der Waals surface area contributed by atoms with E-state index in [-0.39, 0.29) is 17.3 Å². The van der Waals surface area contributed by atoms with Crippen LogP contribution in [0.25, 0.3) is 5.52 Å². The average Bonchev–Trinajstić information content (AvgIpc) is 3.03. The van der Waals surface area contributed by atoms with Crippen molar-refractivity contribution < 1.29 is 20.1 Å². The summed E-state index contributed by atoms with van der Waals surface area (Å²) in [5.41, 5.74) is 4.38. The first-order chi connectivity index (χ1) is 10.0. The molecule has 0 aromatic carbocycles. The molecule has 9 nitrogen and oxygen atoms in total. The summed E-state index contributed by atoms with van der Waals surface area (Å²) in [6, 6.07) is 4.88. The maximum absolute atomic E-state index is 10.2. The standard InChI is InChI=1S/C12H11N5O4/c13-4-12(10(20)9(19)7(3-18)21-12)8-2-1-6-11(14)15-5-16-17(6)8/h1-3,5,9-10,18-20H,(H2,14,15,16)/b7-3+/t9-,10-,12+/m1/s1. The van der Waals surface area contributed by atoms with Crippen molar-refractivity contribution in [3.8, 4) is 6.07 Å². The quantitative estimate of drug-likeness (QED) is 0.497. The van der Waals surface area contributed by atoms with Crippen molar-refractivity contribution in [3.63, 3.8) is 0 Å². The fraction of sp³-hybridized carbons (Fsp3) is 0.250. The van der Waals surface area contributed by atoms with Gasteiger partial charge in [0.15, 0.2) is 11.6 Å². The van der Waals surface area contributed by atoms with Crippen LogP contribution in [0, 0.1) is 11.3 Å². The van der Waals surface area contributed by atoms with Gasteiger partial charge in [-0.15, -0.1) is 0 Å². The lowest BCUT2D eigenvalue weighted by molar-refractivity contribution is -0.0253. The van der Waals surface area contributed by atoms with Crippen molar-refractivity contribution in [2.24, 2.45) is 0 Å². The van der Waals surface area contributed by atoms with E-state index in [0.717, 1.165) is 0 Å². The molecule has 0 spiro atoms. The number of fused-ring (bicyclic) bond motifs is 1. The molecule has 0 radical (unpaired) electrons. The normalized spacial score (nSPS) is 30.4. The third-order valence-corrected chi connectivity index (χ3v) is 3.44. The van der Waals surface area contributed by atoms with Gasteiger partial charge < -0.3 is 25.8 Å². The summed E-state index contributed by atoms with van der Waals surface area (Å²) in [5, 5.41) is 42.5. The highest BCUT2D eigenvalue weighted by Crippen LogP contribution is 2.41. The number of nitrogens with zero attached hydrogens (tertiary/aromatic N) is 4. The van der Waals surface area contributed by atoms with Crippen LogP contribution in [0.2, 0.25) is 0 Å². The minimum absolute atomic E-state index is 0.164. The van der Waals surface area contributed by atoms with E-state index >= 15 is 0 Å². The molecule has 21 heavy (non-hydrogen) atoms. The van der Waals surface area contributed by atoms with E-state index in [1.165, 1.54) is 16.9 Å². The third kappa shape index (κ3) is 1.57. The number of nitrogens with two attached hydrogens (primary N) is 1. The highest BCUT2D eigenvalue weighted by atomic mass is 16.6. The van der Waals surface area contributed by atoms with Gasteiger partial charge in [-0.05, 0) is 12.1 Å². The average molecular weight is 289 g/mol. The molecule has 1 saturated heterocycles. The van der Waals surface area contributed by atoms with Crippen LogP contribution in [0.3, 0.4) is 0 Å². The van der Waals surface area contributed by atoms with Crippen LogP contribution in [0.15, 0.2) is 30.5 Å². The monoisotopic (exact) mass is 289 g/mol. The Morgan fingerprint density at radius 1 is 1.48 bits per heavy atom. The molecule has 108 valence electrons. The predicted octanol–water partition coefficient (Wildman–Crippen LogP) is -0.818.